The summed E-state index contributed by atoms with van der Waals surface area (Å²) in [4.78, 5) is 24.0. The van der Waals surface area contributed by atoms with E-state index in [1.807, 2.05) is 0 Å². The number of aromatic hydroxyl groups is 1. The number of phenolic OH excluding ortho intramolecular Hbond substituents is 1. The maximum absolute atomic E-state index is 13.7. The van der Waals surface area contributed by atoms with Crippen molar-refractivity contribution in [2.24, 2.45) is 5.73 Å². The Morgan fingerprint density at radius 3 is 2.69 bits per heavy atom. The molecule has 1 aromatic carbocycles. The Labute approximate surface area is 156 Å². The van der Waals surface area contributed by atoms with Gasteiger partial charge in [-0.05, 0) is 37.1 Å². The van der Waals surface area contributed by atoms with E-state index in [0.29, 0.717) is 24.9 Å². The van der Waals surface area contributed by atoms with Crippen LogP contribution in [0, 0.1) is 5.82 Å². The van der Waals surface area contributed by atoms with Crippen molar-refractivity contribution in [2.45, 2.75) is 31.0 Å². The summed E-state index contributed by atoms with van der Waals surface area (Å²) in [6, 6.07) is 2.51. The molecule has 5 N–H and O–H groups in total. The van der Waals surface area contributed by atoms with Crippen molar-refractivity contribution >= 4 is 24.9 Å². The van der Waals surface area contributed by atoms with Crippen LogP contribution in [0.25, 0.3) is 0 Å². The van der Waals surface area contributed by atoms with E-state index in [4.69, 9.17) is 17.3 Å². The summed E-state index contributed by atoms with van der Waals surface area (Å²) in [5.41, 5.74) is 5.89. The van der Waals surface area contributed by atoms with Crippen LogP contribution < -0.4 is 5.73 Å². The molecule has 26 heavy (non-hydrogen) atoms. The molecule has 2 unspecified atom stereocenters. The fourth-order valence-corrected chi connectivity index (χ4v) is 5.73. The highest BCUT2D eigenvalue weighted by atomic mass is 35.5. The molecule has 1 aliphatic heterocycles. The van der Waals surface area contributed by atoms with E-state index in [1.165, 1.54) is 6.07 Å². The zero-order valence-corrected chi connectivity index (χ0v) is 15.8. The molecule has 1 aromatic rings. The van der Waals surface area contributed by atoms with Crippen LogP contribution in [0.4, 0.5) is 4.39 Å². The second kappa shape index (κ2) is 8.23. The molecule has 0 aliphatic carbocycles. The predicted molar refractivity (Wildman–Crippen MR) is 96.3 cm³/mol. The number of hydrogen-bond acceptors (Lipinski definition) is 5. The molecule has 1 heterocycles. The monoisotopic (exact) mass is 408 g/mol. The van der Waals surface area contributed by atoms with E-state index in [-0.39, 0.29) is 37.2 Å². The SMILES string of the molecule is NCCCCC1(C(=O)O)CN(Cc2cc(F)c(O)c(Cl)c2)CCP1(=O)O. The molecule has 2 atom stereocenters. The number of rotatable bonds is 7. The van der Waals surface area contributed by atoms with E-state index >= 15 is 0 Å². The minimum Gasteiger partial charge on any atom is -0.504 e. The number of aliphatic carboxylic acids is 1. The highest BCUT2D eigenvalue weighted by Gasteiger charge is 2.56. The fraction of sp³-hybridized carbons (Fsp3) is 0.562. The number of carbonyl (C=O) groups is 1. The average molecular weight is 409 g/mol. The normalized spacial score (nSPS) is 26.8. The summed E-state index contributed by atoms with van der Waals surface area (Å²) in [6.45, 7) is 0.615. The van der Waals surface area contributed by atoms with Crippen molar-refractivity contribution in [3.05, 3.63) is 28.5 Å². The van der Waals surface area contributed by atoms with Gasteiger partial charge in [-0.3, -0.25) is 14.3 Å². The number of carboxylic acid groups (broad SMARTS) is 1. The maximum atomic E-state index is 13.7. The van der Waals surface area contributed by atoms with Gasteiger partial charge in [-0.25, -0.2) is 4.39 Å². The van der Waals surface area contributed by atoms with Gasteiger partial charge >= 0.3 is 5.97 Å². The van der Waals surface area contributed by atoms with E-state index in [0.717, 1.165) is 6.07 Å². The first-order valence-electron chi connectivity index (χ1n) is 8.27. The number of nitrogens with two attached hydrogens (primary N) is 1. The number of halogens is 2. The van der Waals surface area contributed by atoms with Gasteiger partial charge in [-0.1, -0.05) is 18.0 Å². The van der Waals surface area contributed by atoms with Gasteiger partial charge in [-0.15, -0.1) is 0 Å². The molecule has 0 bridgehead atoms. The first-order valence-corrected chi connectivity index (χ1v) is 10.5. The average Bonchev–Trinajstić information content (AvgIpc) is 2.55. The van der Waals surface area contributed by atoms with Gasteiger partial charge < -0.3 is 20.8 Å². The van der Waals surface area contributed by atoms with Crippen LogP contribution in [0.15, 0.2) is 12.1 Å². The van der Waals surface area contributed by atoms with Gasteiger partial charge in [0.25, 0.3) is 0 Å². The summed E-state index contributed by atoms with van der Waals surface area (Å²) in [5, 5.41) is 17.2. The van der Waals surface area contributed by atoms with Crippen molar-refractivity contribution in [3.8, 4) is 5.75 Å². The minimum absolute atomic E-state index is 0.0501. The molecule has 0 saturated carbocycles. The van der Waals surface area contributed by atoms with E-state index in [2.05, 4.69) is 0 Å². The van der Waals surface area contributed by atoms with Crippen molar-refractivity contribution in [2.75, 3.05) is 25.8 Å². The van der Waals surface area contributed by atoms with Crippen molar-refractivity contribution in [3.63, 3.8) is 0 Å². The van der Waals surface area contributed by atoms with E-state index in [1.54, 1.807) is 4.90 Å². The quantitative estimate of drug-likeness (QED) is 0.403. The zero-order valence-electron chi connectivity index (χ0n) is 14.2. The highest BCUT2D eigenvalue weighted by molar-refractivity contribution is 7.61. The van der Waals surface area contributed by atoms with Crippen molar-refractivity contribution in [1.82, 2.24) is 4.90 Å². The van der Waals surface area contributed by atoms with E-state index < -0.39 is 30.1 Å². The van der Waals surface area contributed by atoms with Crippen LogP contribution >= 0.6 is 19.0 Å². The highest BCUT2D eigenvalue weighted by Crippen LogP contribution is 2.59. The van der Waals surface area contributed by atoms with E-state index in [9.17, 15) is 28.9 Å². The van der Waals surface area contributed by atoms with Crippen LogP contribution in [-0.2, 0) is 15.9 Å². The third kappa shape index (κ3) is 4.21. The molecule has 146 valence electrons. The first-order chi connectivity index (χ1) is 12.1. The number of phenols is 1. The van der Waals surface area contributed by atoms with Gasteiger partial charge in [0.15, 0.2) is 16.7 Å². The number of unbranched alkanes of at least 4 members (excludes halogenated alkanes) is 1. The molecule has 2 rings (SSSR count). The number of hydrogen-bond donors (Lipinski definition) is 4. The molecule has 0 aromatic heterocycles. The second-order valence-electron chi connectivity index (χ2n) is 6.63. The summed E-state index contributed by atoms with van der Waals surface area (Å²) < 4.78 is 26.3. The van der Waals surface area contributed by atoms with Gasteiger partial charge in [0, 0.05) is 25.8 Å². The largest absolute Gasteiger partial charge is 0.504 e. The summed E-state index contributed by atoms with van der Waals surface area (Å²) in [6.07, 6.45) is 0.888. The van der Waals surface area contributed by atoms with Crippen LogP contribution in [0.5, 0.6) is 5.75 Å². The van der Waals surface area contributed by atoms with Crippen molar-refractivity contribution in [1.29, 1.82) is 0 Å². The Kier molecular flexibility index (Phi) is 6.69. The van der Waals surface area contributed by atoms with Gasteiger partial charge in [-0.2, -0.15) is 0 Å². The molecule has 0 spiro atoms. The Morgan fingerprint density at radius 1 is 1.42 bits per heavy atom. The zero-order chi connectivity index (χ0) is 19.5. The molecule has 1 saturated heterocycles. The number of carboxylic acids is 1. The Hall–Kier alpha value is -1.18. The second-order valence-corrected chi connectivity index (χ2v) is 9.74. The predicted octanol–water partition coefficient (Wildman–Crippen LogP) is 2.22. The van der Waals surface area contributed by atoms with Crippen molar-refractivity contribution < 1.29 is 28.9 Å². The standard InChI is InChI=1S/C16H23ClFN2O5P/c17-12-7-11(8-13(18)14(12)21)9-20-5-6-26(24,25)16(10-20,15(22)23)3-1-2-4-19/h7-8,21H,1-6,9-10,19H2,(H,22,23)(H,24,25). The minimum atomic E-state index is -3.92. The molecule has 0 radical (unpaired) electrons. The van der Waals surface area contributed by atoms with Crippen LogP contribution in [0.2, 0.25) is 5.02 Å². The molecular formula is C16H23ClFN2O5P. The number of benzene rings is 1. The summed E-state index contributed by atoms with van der Waals surface area (Å²) in [7, 11) is -3.92. The number of nitrogens with zero attached hydrogens (tertiary/aromatic N) is 1. The lowest BCUT2D eigenvalue weighted by atomic mass is 9.99. The molecule has 1 fully saturated rings. The maximum Gasteiger partial charge on any atom is 0.320 e. The summed E-state index contributed by atoms with van der Waals surface area (Å²) >= 11 is 5.77. The topological polar surface area (TPSA) is 124 Å². The summed E-state index contributed by atoms with van der Waals surface area (Å²) in [5.74, 6) is -2.82. The van der Waals surface area contributed by atoms with Gasteiger partial charge in [0.2, 0.25) is 7.37 Å². The Bertz CT molecular complexity index is 712. The molecule has 7 nitrogen and oxygen atoms in total. The lowest BCUT2D eigenvalue weighted by Gasteiger charge is -2.43. The van der Waals surface area contributed by atoms with Crippen LogP contribution in [0.3, 0.4) is 0 Å². The third-order valence-electron chi connectivity index (χ3n) is 4.80. The van der Waals surface area contributed by atoms with Gasteiger partial charge in [0.05, 0.1) is 5.02 Å². The fourth-order valence-electron chi connectivity index (χ4n) is 3.29. The lowest BCUT2D eigenvalue weighted by molar-refractivity contribution is -0.141. The van der Waals surface area contributed by atoms with Crippen LogP contribution in [0.1, 0.15) is 24.8 Å². The first kappa shape index (κ1) is 21.1. The lowest BCUT2D eigenvalue weighted by Crippen LogP contribution is -2.53. The molecule has 10 heteroatoms. The van der Waals surface area contributed by atoms with Gasteiger partial charge in [0.1, 0.15) is 0 Å². The molecule has 1 aliphatic rings. The Morgan fingerprint density at radius 2 is 2.12 bits per heavy atom. The smallest absolute Gasteiger partial charge is 0.320 e. The third-order valence-corrected chi connectivity index (χ3v) is 7.79. The Balaban J connectivity index is 2.25. The molecular weight excluding hydrogens is 386 g/mol. The molecule has 0 amide bonds. The van der Waals surface area contributed by atoms with Crippen LogP contribution in [-0.4, -0.2) is 56.9 Å².